The maximum absolute atomic E-state index is 5.76. The SMILES string of the molecule is CCCCCCCCCCCCOc1cc(Br)sc1Br. The van der Waals surface area contributed by atoms with Crippen LogP contribution in [0.2, 0.25) is 0 Å². The van der Waals surface area contributed by atoms with Crippen LogP contribution in [0.15, 0.2) is 13.6 Å². The first-order chi connectivity index (χ1) is 9.74. The summed E-state index contributed by atoms with van der Waals surface area (Å²) in [6.45, 7) is 3.10. The maximum Gasteiger partial charge on any atom is 0.145 e. The van der Waals surface area contributed by atoms with Crippen LogP contribution in [0.1, 0.15) is 71.1 Å². The van der Waals surface area contributed by atoms with Crippen LogP contribution in [0.3, 0.4) is 0 Å². The fraction of sp³-hybridized carbons (Fsp3) is 0.750. The minimum Gasteiger partial charge on any atom is -0.491 e. The topological polar surface area (TPSA) is 9.23 Å². The second-order valence-electron chi connectivity index (χ2n) is 5.22. The highest BCUT2D eigenvalue weighted by molar-refractivity contribution is 9.12. The lowest BCUT2D eigenvalue weighted by atomic mass is 10.1. The fourth-order valence-corrected chi connectivity index (χ4v) is 4.85. The third kappa shape index (κ3) is 8.68. The zero-order valence-electron chi connectivity index (χ0n) is 12.4. The maximum atomic E-state index is 5.76. The molecule has 0 amide bonds. The van der Waals surface area contributed by atoms with Gasteiger partial charge in [0.15, 0.2) is 0 Å². The molecule has 0 unspecified atom stereocenters. The van der Waals surface area contributed by atoms with E-state index in [1.165, 1.54) is 57.8 Å². The average molecular weight is 426 g/mol. The molecule has 1 heterocycles. The summed E-state index contributed by atoms with van der Waals surface area (Å²) < 4.78 is 7.96. The van der Waals surface area contributed by atoms with Gasteiger partial charge in [0.1, 0.15) is 9.54 Å². The van der Waals surface area contributed by atoms with Crippen LogP contribution in [0.25, 0.3) is 0 Å². The average Bonchev–Trinajstić information content (AvgIpc) is 2.74. The number of thiophene rings is 1. The third-order valence-corrected chi connectivity index (χ3v) is 5.67. The number of hydrogen-bond acceptors (Lipinski definition) is 2. The lowest BCUT2D eigenvalue weighted by Crippen LogP contribution is -1.96. The predicted octanol–water partition coefficient (Wildman–Crippen LogP) is 7.57. The Hall–Kier alpha value is 0.460. The van der Waals surface area contributed by atoms with Gasteiger partial charge in [-0.1, -0.05) is 64.7 Å². The molecule has 4 heteroatoms. The van der Waals surface area contributed by atoms with Crippen molar-refractivity contribution in [3.8, 4) is 5.75 Å². The van der Waals surface area contributed by atoms with Crippen LogP contribution in [0, 0.1) is 0 Å². The minimum absolute atomic E-state index is 0.832. The summed E-state index contributed by atoms with van der Waals surface area (Å²) >= 11 is 8.64. The molecule has 1 rings (SSSR count). The van der Waals surface area contributed by atoms with E-state index in [1.807, 2.05) is 6.07 Å². The van der Waals surface area contributed by atoms with Gasteiger partial charge < -0.3 is 4.74 Å². The van der Waals surface area contributed by atoms with Crippen LogP contribution < -0.4 is 4.74 Å². The van der Waals surface area contributed by atoms with Gasteiger partial charge in [0.05, 0.1) is 10.4 Å². The molecule has 0 saturated heterocycles. The summed E-state index contributed by atoms with van der Waals surface area (Å²) in [4.78, 5) is 0. The third-order valence-electron chi connectivity index (χ3n) is 3.38. The van der Waals surface area contributed by atoms with Gasteiger partial charge in [-0.2, -0.15) is 0 Å². The fourth-order valence-electron chi connectivity index (χ4n) is 2.20. The molecule has 0 radical (unpaired) electrons. The van der Waals surface area contributed by atoms with E-state index in [9.17, 15) is 0 Å². The molecule has 0 aromatic carbocycles. The van der Waals surface area contributed by atoms with E-state index >= 15 is 0 Å². The summed E-state index contributed by atoms with van der Waals surface area (Å²) in [6.07, 6.45) is 13.6. The Labute approximate surface area is 144 Å². The molecule has 0 N–H and O–H groups in total. The van der Waals surface area contributed by atoms with Crippen molar-refractivity contribution in [3.63, 3.8) is 0 Å². The molecule has 0 fully saturated rings. The summed E-state index contributed by atoms with van der Waals surface area (Å²) in [5.41, 5.74) is 0. The molecule has 0 saturated carbocycles. The quantitative estimate of drug-likeness (QED) is 0.313. The van der Waals surface area contributed by atoms with Gasteiger partial charge in [0, 0.05) is 6.07 Å². The molecule has 0 aliphatic heterocycles. The van der Waals surface area contributed by atoms with Crippen LogP contribution >= 0.6 is 43.2 Å². The highest BCUT2D eigenvalue weighted by Gasteiger charge is 2.05. The first-order valence-corrected chi connectivity index (χ1v) is 10.2. The zero-order chi connectivity index (χ0) is 14.6. The molecule has 0 atom stereocenters. The molecule has 0 aliphatic rings. The Balaban J connectivity index is 1.86. The summed E-state index contributed by atoms with van der Waals surface area (Å²) in [5, 5.41) is 0. The van der Waals surface area contributed by atoms with Gasteiger partial charge in [-0.3, -0.25) is 0 Å². The van der Waals surface area contributed by atoms with Crippen molar-refractivity contribution in [2.24, 2.45) is 0 Å². The zero-order valence-corrected chi connectivity index (χ0v) is 16.4. The first-order valence-electron chi connectivity index (χ1n) is 7.81. The summed E-state index contributed by atoms with van der Waals surface area (Å²) in [5.74, 6) is 0.970. The van der Waals surface area contributed by atoms with Crippen LogP contribution in [-0.4, -0.2) is 6.61 Å². The van der Waals surface area contributed by atoms with Gasteiger partial charge in [-0.25, -0.2) is 0 Å². The Morgan fingerprint density at radius 3 is 1.95 bits per heavy atom. The van der Waals surface area contributed by atoms with Crippen molar-refractivity contribution in [1.29, 1.82) is 0 Å². The van der Waals surface area contributed by atoms with Crippen LogP contribution in [0.5, 0.6) is 5.75 Å². The standard InChI is InChI=1S/C16H26Br2OS/c1-2-3-4-5-6-7-8-9-10-11-12-19-14-13-15(17)20-16(14)18/h13H,2-12H2,1H3. The Kier molecular flexibility index (Phi) is 11.2. The lowest BCUT2D eigenvalue weighted by molar-refractivity contribution is 0.304. The first kappa shape index (κ1) is 18.5. The van der Waals surface area contributed by atoms with E-state index in [4.69, 9.17) is 4.74 Å². The molecule has 0 spiro atoms. The molecule has 116 valence electrons. The van der Waals surface area contributed by atoms with Crippen molar-refractivity contribution in [2.45, 2.75) is 71.1 Å². The largest absolute Gasteiger partial charge is 0.491 e. The molecule has 1 aromatic heterocycles. The van der Waals surface area contributed by atoms with Gasteiger partial charge in [-0.15, -0.1) is 11.3 Å². The summed E-state index contributed by atoms with van der Waals surface area (Å²) in [7, 11) is 0. The Bertz CT molecular complexity index is 352. The van der Waals surface area contributed by atoms with E-state index < -0.39 is 0 Å². The molecular formula is C16H26Br2OS. The smallest absolute Gasteiger partial charge is 0.145 e. The van der Waals surface area contributed by atoms with Gasteiger partial charge in [-0.05, 0) is 38.3 Å². The van der Waals surface area contributed by atoms with E-state index in [-0.39, 0.29) is 0 Å². The number of ether oxygens (including phenoxy) is 1. The van der Waals surface area contributed by atoms with Crippen molar-refractivity contribution in [2.75, 3.05) is 6.61 Å². The second-order valence-corrected chi connectivity index (χ2v) is 8.97. The van der Waals surface area contributed by atoms with Crippen molar-refractivity contribution in [3.05, 3.63) is 13.6 Å². The van der Waals surface area contributed by atoms with E-state index in [0.717, 1.165) is 26.4 Å². The molecule has 0 bridgehead atoms. The van der Waals surface area contributed by atoms with Gasteiger partial charge in [0.2, 0.25) is 0 Å². The number of rotatable bonds is 12. The van der Waals surface area contributed by atoms with Crippen molar-refractivity contribution in [1.82, 2.24) is 0 Å². The van der Waals surface area contributed by atoms with Gasteiger partial charge in [0.25, 0.3) is 0 Å². The minimum atomic E-state index is 0.832. The molecule has 0 aliphatic carbocycles. The second kappa shape index (κ2) is 12.0. The van der Waals surface area contributed by atoms with Crippen molar-refractivity contribution < 1.29 is 4.74 Å². The predicted molar refractivity (Wildman–Crippen MR) is 97.1 cm³/mol. The van der Waals surface area contributed by atoms with Gasteiger partial charge >= 0.3 is 0 Å². The number of hydrogen-bond donors (Lipinski definition) is 0. The van der Waals surface area contributed by atoms with Crippen molar-refractivity contribution >= 4 is 43.2 Å². The molecule has 1 aromatic rings. The molecule has 1 nitrogen and oxygen atoms in total. The molecular weight excluding hydrogens is 400 g/mol. The van der Waals surface area contributed by atoms with E-state index in [1.54, 1.807) is 11.3 Å². The van der Waals surface area contributed by atoms with Crippen LogP contribution in [0.4, 0.5) is 0 Å². The highest BCUT2D eigenvalue weighted by Crippen LogP contribution is 2.37. The van der Waals surface area contributed by atoms with E-state index in [0.29, 0.717) is 0 Å². The lowest BCUT2D eigenvalue weighted by Gasteiger charge is -2.05. The summed E-state index contributed by atoms with van der Waals surface area (Å²) in [6, 6.07) is 2.03. The normalized spacial score (nSPS) is 10.9. The Morgan fingerprint density at radius 2 is 1.45 bits per heavy atom. The highest BCUT2D eigenvalue weighted by atomic mass is 79.9. The molecule has 20 heavy (non-hydrogen) atoms. The Morgan fingerprint density at radius 1 is 0.900 bits per heavy atom. The number of unbranched alkanes of at least 4 members (excludes halogenated alkanes) is 9. The van der Waals surface area contributed by atoms with Crippen LogP contribution in [-0.2, 0) is 0 Å². The monoisotopic (exact) mass is 424 g/mol. The number of halogens is 2. The van der Waals surface area contributed by atoms with E-state index in [2.05, 4.69) is 38.8 Å².